The molecule has 0 fully saturated rings. The van der Waals surface area contributed by atoms with Crippen LogP contribution in [0.2, 0.25) is 0 Å². The van der Waals surface area contributed by atoms with Crippen molar-refractivity contribution in [2.24, 2.45) is 0 Å². The van der Waals surface area contributed by atoms with Crippen LogP contribution in [-0.2, 0) is 0 Å². The Hall–Kier alpha value is -0.710. The van der Waals surface area contributed by atoms with E-state index in [1.54, 1.807) is 18.9 Å². The van der Waals surface area contributed by atoms with Crippen molar-refractivity contribution < 1.29 is 9.84 Å². The van der Waals surface area contributed by atoms with Crippen LogP contribution in [-0.4, -0.2) is 36.7 Å². The molecule has 96 valence electrons. The standard InChI is InChI=1S/C13H21NO2S/c1-4-14-13(2,9-15)10-17-12-8-6-5-7-11(12)16-3/h5-8,14-15H,4,9-10H2,1-3H3. The molecule has 1 aromatic carbocycles. The Morgan fingerprint density at radius 2 is 2.12 bits per heavy atom. The highest BCUT2D eigenvalue weighted by Gasteiger charge is 2.22. The van der Waals surface area contributed by atoms with E-state index in [0.29, 0.717) is 0 Å². The van der Waals surface area contributed by atoms with Gasteiger partial charge in [0.2, 0.25) is 0 Å². The van der Waals surface area contributed by atoms with E-state index in [1.807, 2.05) is 38.1 Å². The van der Waals surface area contributed by atoms with Gasteiger partial charge in [-0.3, -0.25) is 0 Å². The Bertz CT molecular complexity index is 346. The largest absolute Gasteiger partial charge is 0.496 e. The van der Waals surface area contributed by atoms with Gasteiger partial charge in [-0.1, -0.05) is 19.1 Å². The Morgan fingerprint density at radius 3 is 2.71 bits per heavy atom. The van der Waals surface area contributed by atoms with Crippen LogP contribution in [0.3, 0.4) is 0 Å². The smallest absolute Gasteiger partial charge is 0.132 e. The number of aliphatic hydroxyl groups excluding tert-OH is 1. The van der Waals surface area contributed by atoms with Crippen molar-refractivity contribution >= 4 is 11.8 Å². The topological polar surface area (TPSA) is 41.5 Å². The van der Waals surface area contributed by atoms with Gasteiger partial charge in [0, 0.05) is 16.2 Å². The minimum Gasteiger partial charge on any atom is -0.496 e. The summed E-state index contributed by atoms with van der Waals surface area (Å²) in [7, 11) is 1.68. The molecule has 0 heterocycles. The van der Waals surface area contributed by atoms with Gasteiger partial charge in [0.05, 0.1) is 13.7 Å². The van der Waals surface area contributed by atoms with Gasteiger partial charge in [-0.15, -0.1) is 11.8 Å². The number of hydrogen-bond donors (Lipinski definition) is 2. The van der Waals surface area contributed by atoms with Crippen molar-refractivity contribution in [3.8, 4) is 5.75 Å². The molecule has 0 bridgehead atoms. The predicted octanol–water partition coefficient (Wildman–Crippen LogP) is 2.15. The maximum Gasteiger partial charge on any atom is 0.132 e. The zero-order valence-corrected chi connectivity index (χ0v) is 11.5. The molecule has 0 aliphatic carbocycles. The third-order valence-corrected chi connectivity index (χ3v) is 4.00. The van der Waals surface area contributed by atoms with Crippen LogP contribution in [0.4, 0.5) is 0 Å². The molecule has 1 rings (SSSR count). The van der Waals surface area contributed by atoms with E-state index >= 15 is 0 Å². The molecular weight excluding hydrogens is 234 g/mol. The summed E-state index contributed by atoms with van der Waals surface area (Å²) in [5, 5.41) is 12.7. The maximum atomic E-state index is 9.41. The Labute approximate surface area is 108 Å². The third kappa shape index (κ3) is 4.22. The van der Waals surface area contributed by atoms with Gasteiger partial charge in [0.1, 0.15) is 5.75 Å². The van der Waals surface area contributed by atoms with Crippen LogP contribution in [0.5, 0.6) is 5.75 Å². The average molecular weight is 255 g/mol. The summed E-state index contributed by atoms with van der Waals surface area (Å²) in [6, 6.07) is 7.94. The van der Waals surface area contributed by atoms with Gasteiger partial charge in [0.25, 0.3) is 0 Å². The van der Waals surface area contributed by atoms with Crippen molar-refractivity contribution in [2.75, 3.05) is 26.0 Å². The Balaban J connectivity index is 2.65. The van der Waals surface area contributed by atoms with Crippen LogP contribution in [0.15, 0.2) is 29.2 Å². The zero-order chi connectivity index (χ0) is 12.7. The zero-order valence-electron chi connectivity index (χ0n) is 10.7. The molecule has 17 heavy (non-hydrogen) atoms. The first-order valence-electron chi connectivity index (χ1n) is 5.77. The fourth-order valence-corrected chi connectivity index (χ4v) is 2.69. The lowest BCUT2D eigenvalue weighted by molar-refractivity contribution is 0.194. The molecule has 1 aromatic rings. The maximum absolute atomic E-state index is 9.41. The van der Waals surface area contributed by atoms with Crippen molar-refractivity contribution in [1.29, 1.82) is 0 Å². The van der Waals surface area contributed by atoms with Crippen LogP contribution < -0.4 is 10.1 Å². The van der Waals surface area contributed by atoms with Crippen molar-refractivity contribution in [3.05, 3.63) is 24.3 Å². The number of para-hydroxylation sites is 1. The summed E-state index contributed by atoms with van der Waals surface area (Å²) in [5.74, 6) is 1.69. The van der Waals surface area contributed by atoms with E-state index in [1.165, 1.54) is 0 Å². The van der Waals surface area contributed by atoms with Gasteiger partial charge < -0.3 is 15.2 Å². The second-order valence-corrected chi connectivity index (χ2v) is 5.21. The van der Waals surface area contributed by atoms with Gasteiger partial charge >= 0.3 is 0 Å². The van der Waals surface area contributed by atoms with Crippen LogP contribution in [0, 0.1) is 0 Å². The molecule has 1 atom stereocenters. The summed E-state index contributed by atoms with van der Waals surface area (Å²) in [5.41, 5.74) is -0.250. The normalized spacial score (nSPS) is 14.4. The molecule has 0 aromatic heterocycles. The molecule has 4 heteroatoms. The predicted molar refractivity (Wildman–Crippen MR) is 72.9 cm³/mol. The SMILES string of the molecule is CCNC(C)(CO)CSc1ccccc1OC. The number of thioether (sulfide) groups is 1. The number of methoxy groups -OCH3 is 1. The van der Waals surface area contributed by atoms with E-state index in [2.05, 4.69) is 5.32 Å². The number of aliphatic hydroxyl groups is 1. The van der Waals surface area contributed by atoms with E-state index in [-0.39, 0.29) is 12.1 Å². The van der Waals surface area contributed by atoms with Crippen LogP contribution in [0.25, 0.3) is 0 Å². The monoisotopic (exact) mass is 255 g/mol. The molecule has 0 aliphatic heterocycles. The number of rotatable bonds is 7. The second-order valence-electron chi connectivity index (χ2n) is 4.19. The molecule has 0 spiro atoms. The van der Waals surface area contributed by atoms with Crippen molar-refractivity contribution in [1.82, 2.24) is 5.32 Å². The molecule has 0 amide bonds. The first-order valence-corrected chi connectivity index (χ1v) is 6.75. The van der Waals surface area contributed by atoms with Gasteiger partial charge in [-0.2, -0.15) is 0 Å². The minimum absolute atomic E-state index is 0.128. The summed E-state index contributed by atoms with van der Waals surface area (Å²) in [6.07, 6.45) is 0. The number of ether oxygens (including phenoxy) is 1. The van der Waals surface area contributed by atoms with E-state index in [9.17, 15) is 5.11 Å². The number of likely N-dealkylation sites (N-methyl/N-ethyl adjacent to an activating group) is 1. The lowest BCUT2D eigenvalue weighted by atomic mass is 10.1. The highest BCUT2D eigenvalue weighted by molar-refractivity contribution is 7.99. The third-order valence-electron chi connectivity index (χ3n) is 2.57. The average Bonchev–Trinajstić information content (AvgIpc) is 2.37. The Morgan fingerprint density at radius 1 is 1.41 bits per heavy atom. The lowest BCUT2D eigenvalue weighted by Crippen LogP contribution is -2.47. The molecular formula is C13H21NO2S. The molecule has 0 saturated heterocycles. The van der Waals surface area contributed by atoms with Crippen molar-refractivity contribution in [3.63, 3.8) is 0 Å². The number of benzene rings is 1. The molecule has 0 aliphatic rings. The van der Waals surface area contributed by atoms with Crippen LogP contribution >= 0.6 is 11.8 Å². The summed E-state index contributed by atoms with van der Waals surface area (Å²) >= 11 is 1.70. The first kappa shape index (κ1) is 14.4. The first-order chi connectivity index (χ1) is 8.15. The lowest BCUT2D eigenvalue weighted by Gasteiger charge is -2.28. The highest BCUT2D eigenvalue weighted by atomic mass is 32.2. The fraction of sp³-hybridized carbons (Fsp3) is 0.538. The van der Waals surface area contributed by atoms with Gasteiger partial charge in [-0.25, -0.2) is 0 Å². The molecule has 0 saturated carbocycles. The molecule has 1 unspecified atom stereocenters. The number of hydrogen-bond acceptors (Lipinski definition) is 4. The molecule has 3 nitrogen and oxygen atoms in total. The van der Waals surface area contributed by atoms with E-state index < -0.39 is 0 Å². The summed E-state index contributed by atoms with van der Waals surface area (Å²) in [6.45, 7) is 5.05. The van der Waals surface area contributed by atoms with Crippen LogP contribution in [0.1, 0.15) is 13.8 Å². The fourth-order valence-electron chi connectivity index (χ4n) is 1.55. The number of nitrogens with one attached hydrogen (secondary N) is 1. The van der Waals surface area contributed by atoms with E-state index in [0.717, 1.165) is 22.9 Å². The van der Waals surface area contributed by atoms with Gasteiger partial charge in [-0.05, 0) is 25.6 Å². The van der Waals surface area contributed by atoms with Gasteiger partial charge in [0.15, 0.2) is 0 Å². The molecule has 0 radical (unpaired) electrons. The second kappa shape index (κ2) is 6.89. The molecule has 2 N–H and O–H groups in total. The highest BCUT2D eigenvalue weighted by Crippen LogP contribution is 2.30. The quantitative estimate of drug-likeness (QED) is 0.733. The Kier molecular flexibility index (Phi) is 5.82. The van der Waals surface area contributed by atoms with Crippen molar-refractivity contribution in [2.45, 2.75) is 24.3 Å². The van der Waals surface area contributed by atoms with E-state index in [4.69, 9.17) is 4.74 Å². The minimum atomic E-state index is -0.250. The summed E-state index contributed by atoms with van der Waals surface area (Å²) in [4.78, 5) is 1.10. The summed E-state index contributed by atoms with van der Waals surface area (Å²) < 4.78 is 5.30.